The zero-order valence-electron chi connectivity index (χ0n) is 13.0. The van der Waals surface area contributed by atoms with E-state index in [-0.39, 0.29) is 0 Å². The van der Waals surface area contributed by atoms with Crippen molar-refractivity contribution in [1.82, 2.24) is 0 Å². The summed E-state index contributed by atoms with van der Waals surface area (Å²) in [5, 5.41) is 5.04. The first-order chi connectivity index (χ1) is 11.1. The van der Waals surface area contributed by atoms with E-state index in [1.54, 1.807) is 55.6 Å². The van der Waals surface area contributed by atoms with E-state index in [1.807, 2.05) is 6.92 Å². The number of amides is 2. The van der Waals surface area contributed by atoms with Gasteiger partial charge in [-0.05, 0) is 55.5 Å². The molecule has 0 unspecified atom stereocenters. The lowest BCUT2D eigenvalue weighted by atomic mass is 10.3. The minimum atomic E-state index is -0.746. The minimum Gasteiger partial charge on any atom is -0.497 e. The molecule has 0 aliphatic heterocycles. The van der Waals surface area contributed by atoms with E-state index >= 15 is 0 Å². The molecule has 0 aliphatic carbocycles. The van der Waals surface area contributed by atoms with Crippen LogP contribution in [0.3, 0.4) is 0 Å². The molecule has 0 fully saturated rings. The highest BCUT2D eigenvalue weighted by atomic mass is 16.5. The van der Waals surface area contributed by atoms with E-state index < -0.39 is 11.8 Å². The summed E-state index contributed by atoms with van der Waals surface area (Å²) in [6.45, 7) is 2.45. The van der Waals surface area contributed by atoms with Crippen molar-refractivity contribution in [2.24, 2.45) is 0 Å². The van der Waals surface area contributed by atoms with Gasteiger partial charge in [0.25, 0.3) is 0 Å². The maximum atomic E-state index is 11.9. The van der Waals surface area contributed by atoms with Crippen LogP contribution in [0.2, 0.25) is 0 Å². The summed E-state index contributed by atoms with van der Waals surface area (Å²) in [5.41, 5.74) is 1.03. The number of hydrogen-bond donors (Lipinski definition) is 2. The fourth-order valence-electron chi connectivity index (χ4n) is 1.85. The first-order valence-electron chi connectivity index (χ1n) is 7.11. The number of benzene rings is 2. The maximum Gasteiger partial charge on any atom is 0.314 e. The Balaban J connectivity index is 1.92. The van der Waals surface area contributed by atoms with Crippen molar-refractivity contribution in [3.05, 3.63) is 48.5 Å². The lowest BCUT2D eigenvalue weighted by Crippen LogP contribution is -2.29. The monoisotopic (exact) mass is 314 g/mol. The van der Waals surface area contributed by atoms with E-state index in [0.717, 1.165) is 0 Å². The smallest absolute Gasteiger partial charge is 0.314 e. The molecule has 0 heterocycles. The van der Waals surface area contributed by atoms with Crippen molar-refractivity contribution >= 4 is 23.2 Å². The number of carbonyl (C=O) groups excluding carboxylic acids is 2. The average molecular weight is 314 g/mol. The van der Waals surface area contributed by atoms with Crippen LogP contribution in [0, 0.1) is 0 Å². The van der Waals surface area contributed by atoms with Gasteiger partial charge >= 0.3 is 11.8 Å². The first kappa shape index (κ1) is 16.4. The highest BCUT2D eigenvalue weighted by molar-refractivity contribution is 6.43. The van der Waals surface area contributed by atoms with E-state index in [2.05, 4.69) is 10.6 Å². The van der Waals surface area contributed by atoms with Crippen molar-refractivity contribution in [3.63, 3.8) is 0 Å². The molecule has 23 heavy (non-hydrogen) atoms. The fourth-order valence-corrected chi connectivity index (χ4v) is 1.85. The third-order valence-corrected chi connectivity index (χ3v) is 2.98. The lowest BCUT2D eigenvalue weighted by molar-refractivity contribution is -0.132. The molecule has 2 aromatic rings. The molecule has 0 aliphatic rings. The van der Waals surface area contributed by atoms with Crippen LogP contribution in [0.25, 0.3) is 0 Å². The van der Waals surface area contributed by atoms with Gasteiger partial charge in [0.05, 0.1) is 13.7 Å². The van der Waals surface area contributed by atoms with Crippen LogP contribution in [0.4, 0.5) is 11.4 Å². The predicted octanol–water partition coefficient (Wildman–Crippen LogP) is 2.67. The van der Waals surface area contributed by atoms with Crippen LogP contribution in [-0.4, -0.2) is 25.5 Å². The lowest BCUT2D eigenvalue weighted by Gasteiger charge is -2.08. The Morgan fingerprint density at radius 3 is 1.65 bits per heavy atom. The van der Waals surface area contributed by atoms with Crippen LogP contribution in [0.15, 0.2) is 48.5 Å². The molecule has 2 rings (SSSR count). The zero-order valence-corrected chi connectivity index (χ0v) is 13.0. The zero-order chi connectivity index (χ0) is 16.7. The van der Waals surface area contributed by atoms with Gasteiger partial charge in [-0.3, -0.25) is 9.59 Å². The SMILES string of the molecule is CCOc1ccc(NC(=O)C(=O)Nc2ccc(OC)cc2)cc1. The van der Waals surface area contributed by atoms with Gasteiger partial charge in [-0.15, -0.1) is 0 Å². The van der Waals surface area contributed by atoms with Crippen molar-refractivity contribution in [1.29, 1.82) is 0 Å². The molecular formula is C17H18N2O4. The number of rotatable bonds is 5. The van der Waals surface area contributed by atoms with Gasteiger partial charge < -0.3 is 20.1 Å². The predicted molar refractivity (Wildman–Crippen MR) is 87.9 cm³/mol. The molecule has 0 spiro atoms. The fraction of sp³-hybridized carbons (Fsp3) is 0.176. The van der Waals surface area contributed by atoms with Gasteiger partial charge in [0.2, 0.25) is 0 Å². The summed E-state index contributed by atoms with van der Waals surface area (Å²) in [4.78, 5) is 23.7. The Kier molecular flexibility index (Phi) is 5.57. The summed E-state index contributed by atoms with van der Waals surface area (Å²) in [7, 11) is 1.55. The van der Waals surface area contributed by atoms with Crippen molar-refractivity contribution in [2.75, 3.05) is 24.4 Å². The van der Waals surface area contributed by atoms with E-state index in [9.17, 15) is 9.59 Å². The minimum absolute atomic E-state index is 0.512. The van der Waals surface area contributed by atoms with Gasteiger partial charge in [-0.25, -0.2) is 0 Å². The van der Waals surface area contributed by atoms with Crippen LogP contribution in [0.5, 0.6) is 11.5 Å². The normalized spacial score (nSPS) is 9.83. The number of ether oxygens (including phenoxy) is 2. The van der Waals surface area contributed by atoms with Gasteiger partial charge in [0.15, 0.2) is 0 Å². The molecule has 0 saturated carbocycles. The molecule has 0 saturated heterocycles. The van der Waals surface area contributed by atoms with Crippen molar-refractivity contribution in [3.8, 4) is 11.5 Å². The Labute approximate surface area is 134 Å². The van der Waals surface area contributed by atoms with Crippen LogP contribution >= 0.6 is 0 Å². The third kappa shape index (κ3) is 4.74. The summed E-state index contributed by atoms with van der Waals surface area (Å²) >= 11 is 0. The number of carbonyl (C=O) groups is 2. The van der Waals surface area contributed by atoms with Crippen molar-refractivity contribution < 1.29 is 19.1 Å². The molecule has 2 N–H and O–H groups in total. The third-order valence-electron chi connectivity index (χ3n) is 2.98. The molecular weight excluding hydrogens is 296 g/mol. The second kappa shape index (κ2) is 7.84. The summed E-state index contributed by atoms with van der Waals surface area (Å²) in [5.74, 6) is -0.121. The Morgan fingerprint density at radius 1 is 0.826 bits per heavy atom. The van der Waals surface area contributed by atoms with E-state index in [4.69, 9.17) is 9.47 Å². The highest BCUT2D eigenvalue weighted by Crippen LogP contribution is 2.17. The molecule has 2 aromatic carbocycles. The molecule has 0 bridgehead atoms. The average Bonchev–Trinajstić information content (AvgIpc) is 2.57. The van der Waals surface area contributed by atoms with Gasteiger partial charge in [0, 0.05) is 11.4 Å². The van der Waals surface area contributed by atoms with Gasteiger partial charge in [-0.1, -0.05) is 0 Å². The van der Waals surface area contributed by atoms with Gasteiger partial charge in [-0.2, -0.15) is 0 Å². The van der Waals surface area contributed by atoms with E-state index in [1.165, 1.54) is 0 Å². The van der Waals surface area contributed by atoms with Crippen LogP contribution in [-0.2, 0) is 9.59 Å². The van der Waals surface area contributed by atoms with Crippen LogP contribution in [0.1, 0.15) is 6.92 Å². The first-order valence-corrected chi connectivity index (χ1v) is 7.11. The van der Waals surface area contributed by atoms with Crippen molar-refractivity contribution in [2.45, 2.75) is 6.92 Å². The second-order valence-electron chi connectivity index (χ2n) is 4.59. The van der Waals surface area contributed by atoms with Gasteiger partial charge in [0.1, 0.15) is 11.5 Å². The van der Waals surface area contributed by atoms with E-state index in [0.29, 0.717) is 29.5 Å². The number of methoxy groups -OCH3 is 1. The molecule has 0 atom stereocenters. The maximum absolute atomic E-state index is 11.9. The Hall–Kier alpha value is -3.02. The summed E-state index contributed by atoms with van der Waals surface area (Å²) in [6, 6.07) is 13.5. The molecule has 6 heteroatoms. The molecule has 120 valence electrons. The summed E-state index contributed by atoms with van der Waals surface area (Å²) < 4.78 is 10.3. The topological polar surface area (TPSA) is 76.7 Å². The number of hydrogen-bond acceptors (Lipinski definition) is 4. The van der Waals surface area contributed by atoms with Crippen LogP contribution < -0.4 is 20.1 Å². The molecule has 0 radical (unpaired) electrons. The largest absolute Gasteiger partial charge is 0.497 e. The quantitative estimate of drug-likeness (QED) is 0.832. The Bertz CT molecular complexity index is 666. The number of anilines is 2. The molecule has 0 aromatic heterocycles. The molecule has 6 nitrogen and oxygen atoms in total. The number of nitrogens with one attached hydrogen (secondary N) is 2. The highest BCUT2D eigenvalue weighted by Gasteiger charge is 2.14. The second-order valence-corrected chi connectivity index (χ2v) is 4.59. The molecule has 2 amide bonds. The summed E-state index contributed by atoms with van der Waals surface area (Å²) in [6.07, 6.45) is 0. The Morgan fingerprint density at radius 2 is 1.26 bits per heavy atom. The standard InChI is InChI=1S/C17H18N2O4/c1-3-23-15-10-6-13(7-11-15)19-17(21)16(20)18-12-4-8-14(22-2)9-5-12/h4-11H,3H2,1-2H3,(H,18,20)(H,19,21).